The van der Waals surface area contributed by atoms with Crippen LogP contribution in [0.2, 0.25) is 0 Å². The molecule has 2 fully saturated rings. The topological polar surface area (TPSA) is 75.7 Å². The molecule has 1 aliphatic heterocycles. The third-order valence-corrected chi connectivity index (χ3v) is 5.18. The van der Waals surface area contributed by atoms with E-state index < -0.39 is 6.09 Å². The minimum atomic E-state index is -0.539. The van der Waals surface area contributed by atoms with Crippen molar-refractivity contribution < 1.29 is 19.1 Å². The molecule has 1 aliphatic carbocycles. The first-order valence-electron chi connectivity index (χ1n) is 9.47. The average Bonchev–Trinajstić information content (AvgIpc) is 3.00. The Morgan fingerprint density at radius 2 is 2.00 bits per heavy atom. The summed E-state index contributed by atoms with van der Waals surface area (Å²) in [4.78, 5) is 34.6. The predicted octanol–water partition coefficient (Wildman–Crippen LogP) is 3.21. The summed E-state index contributed by atoms with van der Waals surface area (Å²) in [5.41, 5.74) is 0. The van der Waals surface area contributed by atoms with Crippen LogP contribution in [0.4, 0.5) is 4.79 Å². The molecule has 0 spiro atoms. The molecule has 0 radical (unpaired) electrons. The average molecular weight is 354 g/mol. The van der Waals surface area contributed by atoms with Crippen molar-refractivity contribution in [2.45, 2.75) is 59.8 Å². The maximum atomic E-state index is 11.9. The molecule has 3 unspecified atom stereocenters. The SMILES string of the molecule is CCNC(=O)C1CC(C)CCC1C(C)C.COC(=O)N1CCCC1=O. The molecule has 1 saturated carbocycles. The Balaban J connectivity index is 0.000000271. The number of hydrogen-bond donors (Lipinski definition) is 1. The Bertz CT molecular complexity index is 464. The minimum absolute atomic E-state index is 0.133. The van der Waals surface area contributed by atoms with E-state index in [0.29, 0.717) is 30.7 Å². The number of nitrogens with one attached hydrogen (secondary N) is 1. The van der Waals surface area contributed by atoms with Crippen LogP contribution in [0, 0.1) is 23.7 Å². The van der Waals surface area contributed by atoms with Crippen molar-refractivity contribution in [3.63, 3.8) is 0 Å². The number of carbonyl (C=O) groups is 3. The monoisotopic (exact) mass is 354 g/mol. The number of rotatable bonds is 3. The molecule has 3 amide bonds. The second-order valence-electron chi connectivity index (χ2n) is 7.45. The van der Waals surface area contributed by atoms with Crippen LogP contribution in [-0.2, 0) is 14.3 Å². The van der Waals surface area contributed by atoms with E-state index >= 15 is 0 Å². The highest BCUT2D eigenvalue weighted by Crippen LogP contribution is 2.37. The zero-order valence-electron chi connectivity index (χ0n) is 16.3. The Hall–Kier alpha value is -1.59. The van der Waals surface area contributed by atoms with Gasteiger partial charge in [-0.15, -0.1) is 0 Å². The maximum absolute atomic E-state index is 11.9. The van der Waals surface area contributed by atoms with Gasteiger partial charge in [0.2, 0.25) is 11.8 Å². The van der Waals surface area contributed by atoms with Crippen LogP contribution < -0.4 is 5.32 Å². The lowest BCUT2D eigenvalue weighted by Gasteiger charge is -2.36. The highest BCUT2D eigenvalue weighted by molar-refractivity contribution is 5.93. The van der Waals surface area contributed by atoms with Crippen molar-refractivity contribution in [1.82, 2.24) is 10.2 Å². The predicted molar refractivity (Wildman–Crippen MR) is 96.9 cm³/mol. The van der Waals surface area contributed by atoms with Crippen LogP contribution in [-0.4, -0.2) is 43.0 Å². The standard InChI is InChI=1S/C13H25NO.C6H9NO3/c1-5-14-13(15)12-8-10(4)6-7-11(12)9(2)3;1-10-6(9)7-4-2-3-5(7)8/h9-12H,5-8H2,1-4H3,(H,14,15);2-4H2,1H3. The fourth-order valence-corrected chi connectivity index (χ4v) is 3.76. The van der Waals surface area contributed by atoms with E-state index in [1.54, 1.807) is 0 Å². The number of ether oxygens (including phenoxy) is 1. The number of methoxy groups -OCH3 is 1. The number of nitrogens with zero attached hydrogens (tertiary/aromatic N) is 1. The van der Waals surface area contributed by atoms with Crippen molar-refractivity contribution >= 4 is 17.9 Å². The second kappa shape index (κ2) is 10.4. The molecule has 6 nitrogen and oxygen atoms in total. The van der Waals surface area contributed by atoms with Gasteiger partial charge in [0.1, 0.15) is 0 Å². The number of carbonyl (C=O) groups excluding carboxylic acids is 3. The highest BCUT2D eigenvalue weighted by atomic mass is 16.5. The van der Waals surface area contributed by atoms with Crippen LogP contribution in [0.5, 0.6) is 0 Å². The summed E-state index contributed by atoms with van der Waals surface area (Å²) in [5.74, 6) is 2.34. The first-order chi connectivity index (χ1) is 11.8. The van der Waals surface area contributed by atoms with Crippen LogP contribution in [0.3, 0.4) is 0 Å². The van der Waals surface area contributed by atoms with Gasteiger partial charge in [0.25, 0.3) is 0 Å². The lowest BCUT2D eigenvalue weighted by atomic mass is 9.70. The second-order valence-corrected chi connectivity index (χ2v) is 7.45. The van der Waals surface area contributed by atoms with Crippen molar-refractivity contribution in [3.8, 4) is 0 Å². The largest absolute Gasteiger partial charge is 0.452 e. The minimum Gasteiger partial charge on any atom is -0.452 e. The van der Waals surface area contributed by atoms with Gasteiger partial charge < -0.3 is 10.1 Å². The quantitative estimate of drug-likeness (QED) is 0.844. The Morgan fingerprint density at radius 1 is 1.32 bits per heavy atom. The molecule has 1 saturated heterocycles. The molecule has 3 atom stereocenters. The summed E-state index contributed by atoms with van der Waals surface area (Å²) in [6.45, 7) is 10.0. The van der Waals surface area contributed by atoms with Crippen molar-refractivity contribution in [2.75, 3.05) is 20.2 Å². The third kappa shape index (κ3) is 6.33. The van der Waals surface area contributed by atoms with Gasteiger partial charge in [0.15, 0.2) is 0 Å². The molecule has 2 rings (SSSR count). The fraction of sp³-hybridized carbons (Fsp3) is 0.842. The molecule has 0 aromatic carbocycles. The third-order valence-electron chi connectivity index (χ3n) is 5.18. The lowest BCUT2D eigenvalue weighted by Crippen LogP contribution is -2.40. The van der Waals surface area contributed by atoms with E-state index in [4.69, 9.17) is 0 Å². The fourth-order valence-electron chi connectivity index (χ4n) is 3.76. The van der Waals surface area contributed by atoms with Crippen LogP contribution in [0.1, 0.15) is 59.8 Å². The molecule has 1 N–H and O–H groups in total. The summed E-state index contributed by atoms with van der Waals surface area (Å²) >= 11 is 0. The Kier molecular flexibility index (Phi) is 8.93. The summed E-state index contributed by atoms with van der Waals surface area (Å²) in [5, 5.41) is 2.98. The molecule has 2 aliphatic rings. The lowest BCUT2D eigenvalue weighted by molar-refractivity contribution is -0.129. The van der Waals surface area contributed by atoms with E-state index in [1.807, 2.05) is 6.92 Å². The molecule has 144 valence electrons. The molecule has 0 aromatic heterocycles. The molecule has 0 bridgehead atoms. The number of hydrogen-bond acceptors (Lipinski definition) is 4. The van der Waals surface area contributed by atoms with Gasteiger partial charge in [-0.2, -0.15) is 0 Å². The van der Waals surface area contributed by atoms with Gasteiger partial charge in [0, 0.05) is 25.4 Å². The molecule has 6 heteroatoms. The first kappa shape index (κ1) is 21.5. The van der Waals surface area contributed by atoms with Crippen molar-refractivity contribution in [1.29, 1.82) is 0 Å². The molecule has 0 aromatic rings. The number of amides is 3. The van der Waals surface area contributed by atoms with Crippen molar-refractivity contribution in [3.05, 3.63) is 0 Å². The van der Waals surface area contributed by atoms with E-state index in [0.717, 1.165) is 24.3 Å². The normalized spacial score (nSPS) is 26.1. The van der Waals surface area contributed by atoms with E-state index in [1.165, 1.54) is 20.0 Å². The van der Waals surface area contributed by atoms with Gasteiger partial charge in [0.05, 0.1) is 7.11 Å². The van der Waals surface area contributed by atoms with E-state index in [9.17, 15) is 14.4 Å². The van der Waals surface area contributed by atoms with Crippen molar-refractivity contribution in [2.24, 2.45) is 23.7 Å². The summed E-state index contributed by atoms with van der Waals surface area (Å²) < 4.78 is 4.37. The Morgan fingerprint density at radius 3 is 2.48 bits per heavy atom. The Labute approximate surface area is 151 Å². The van der Waals surface area contributed by atoms with Gasteiger partial charge in [-0.1, -0.05) is 27.2 Å². The van der Waals surface area contributed by atoms with Gasteiger partial charge in [-0.05, 0) is 43.9 Å². The first-order valence-corrected chi connectivity index (χ1v) is 9.47. The summed E-state index contributed by atoms with van der Waals surface area (Å²) in [7, 11) is 1.27. The summed E-state index contributed by atoms with van der Waals surface area (Å²) in [6.07, 6.45) is 4.28. The molecular weight excluding hydrogens is 320 g/mol. The van der Waals surface area contributed by atoms with Gasteiger partial charge >= 0.3 is 6.09 Å². The maximum Gasteiger partial charge on any atom is 0.416 e. The zero-order chi connectivity index (χ0) is 19.0. The van der Waals surface area contributed by atoms with Gasteiger partial charge in [-0.25, -0.2) is 9.69 Å². The molecular formula is C19H34N2O4. The van der Waals surface area contributed by atoms with E-state index in [-0.39, 0.29) is 17.7 Å². The molecule has 1 heterocycles. The number of imide groups is 1. The van der Waals surface area contributed by atoms with E-state index in [2.05, 4.69) is 30.8 Å². The highest BCUT2D eigenvalue weighted by Gasteiger charge is 2.34. The smallest absolute Gasteiger partial charge is 0.416 e. The zero-order valence-corrected chi connectivity index (χ0v) is 16.3. The van der Waals surface area contributed by atoms with Crippen LogP contribution >= 0.6 is 0 Å². The number of likely N-dealkylation sites (tertiary alicyclic amines) is 1. The van der Waals surface area contributed by atoms with Crippen LogP contribution in [0.25, 0.3) is 0 Å². The van der Waals surface area contributed by atoms with Gasteiger partial charge in [-0.3, -0.25) is 9.59 Å². The molecule has 25 heavy (non-hydrogen) atoms. The summed E-state index contributed by atoms with van der Waals surface area (Å²) in [6, 6.07) is 0. The van der Waals surface area contributed by atoms with Crippen LogP contribution in [0.15, 0.2) is 0 Å².